The monoisotopic (exact) mass is 345 g/mol. The van der Waals surface area contributed by atoms with Gasteiger partial charge in [-0.15, -0.1) is 0 Å². The molecule has 0 atom stereocenters. The number of rotatable bonds is 3. The van der Waals surface area contributed by atoms with E-state index in [0.29, 0.717) is 21.3 Å². The number of benzene rings is 2. The van der Waals surface area contributed by atoms with Crippen molar-refractivity contribution >= 4 is 33.2 Å². The number of hydrogen-bond acceptors (Lipinski definition) is 4. The van der Waals surface area contributed by atoms with Crippen molar-refractivity contribution in [2.45, 2.75) is 0 Å². The van der Waals surface area contributed by atoms with Crippen LogP contribution in [0.3, 0.4) is 0 Å². The lowest BCUT2D eigenvalue weighted by Gasteiger charge is -2.07. The highest BCUT2D eigenvalue weighted by atomic mass is 79.9. The predicted octanol–water partition coefficient (Wildman–Crippen LogP) is 3.48. The van der Waals surface area contributed by atoms with Gasteiger partial charge in [0, 0.05) is 22.2 Å². The molecule has 0 unspecified atom stereocenters. The molecule has 0 saturated carbocycles. The number of carbonyl (C=O) groups excluding carboxylic acids is 1. The maximum atomic E-state index is 12.1. The van der Waals surface area contributed by atoms with Gasteiger partial charge < -0.3 is 5.32 Å². The Labute approximate surface area is 128 Å². The molecule has 0 heterocycles. The predicted molar refractivity (Wildman–Crippen MR) is 79.9 cm³/mol. The van der Waals surface area contributed by atoms with E-state index in [9.17, 15) is 14.9 Å². The van der Waals surface area contributed by atoms with Gasteiger partial charge in [-0.2, -0.15) is 5.26 Å². The molecule has 0 fully saturated rings. The first-order chi connectivity index (χ1) is 10.0. The van der Waals surface area contributed by atoms with Gasteiger partial charge in [-0.1, -0.05) is 6.07 Å². The van der Waals surface area contributed by atoms with Crippen LogP contribution in [0.1, 0.15) is 15.9 Å². The summed E-state index contributed by atoms with van der Waals surface area (Å²) in [6.07, 6.45) is 0. The molecular weight excluding hydrogens is 338 g/mol. The Balaban J connectivity index is 2.23. The van der Waals surface area contributed by atoms with Crippen LogP contribution >= 0.6 is 15.9 Å². The molecule has 0 aliphatic carbocycles. The van der Waals surface area contributed by atoms with E-state index in [-0.39, 0.29) is 5.69 Å². The molecular formula is C14H8BrN3O3. The third-order valence-corrected chi connectivity index (χ3v) is 3.32. The molecule has 21 heavy (non-hydrogen) atoms. The summed E-state index contributed by atoms with van der Waals surface area (Å²) in [7, 11) is 0. The Morgan fingerprint density at radius 1 is 1.29 bits per heavy atom. The van der Waals surface area contributed by atoms with Crippen molar-refractivity contribution in [2.24, 2.45) is 0 Å². The second-order valence-corrected chi connectivity index (χ2v) is 4.92. The van der Waals surface area contributed by atoms with E-state index in [0.717, 1.165) is 0 Å². The molecule has 6 nitrogen and oxygen atoms in total. The molecule has 2 aromatic carbocycles. The third kappa shape index (κ3) is 3.43. The number of nitrogens with zero attached hydrogens (tertiary/aromatic N) is 2. The van der Waals surface area contributed by atoms with Crippen LogP contribution in [0.2, 0.25) is 0 Å². The Morgan fingerprint density at radius 2 is 2.05 bits per heavy atom. The average molecular weight is 346 g/mol. The van der Waals surface area contributed by atoms with Gasteiger partial charge in [0.15, 0.2) is 0 Å². The average Bonchev–Trinajstić information content (AvgIpc) is 2.49. The van der Waals surface area contributed by atoms with E-state index in [1.807, 2.05) is 6.07 Å². The second kappa shape index (κ2) is 6.15. The number of hydrogen-bond donors (Lipinski definition) is 1. The number of non-ortho nitro benzene ring substituents is 1. The highest BCUT2D eigenvalue weighted by Crippen LogP contribution is 2.27. The smallest absolute Gasteiger partial charge is 0.270 e. The van der Waals surface area contributed by atoms with Crippen LogP contribution in [0.5, 0.6) is 0 Å². The molecule has 0 aromatic heterocycles. The number of nitriles is 1. The fourth-order valence-electron chi connectivity index (χ4n) is 1.64. The number of halogens is 1. The lowest BCUT2D eigenvalue weighted by Crippen LogP contribution is -2.12. The van der Waals surface area contributed by atoms with Crippen molar-refractivity contribution in [2.75, 3.05) is 5.32 Å². The Hall–Kier alpha value is -2.72. The summed E-state index contributed by atoms with van der Waals surface area (Å²) in [6, 6.07) is 12.2. The zero-order valence-corrected chi connectivity index (χ0v) is 12.1. The third-order valence-electron chi connectivity index (χ3n) is 2.67. The van der Waals surface area contributed by atoms with Gasteiger partial charge >= 0.3 is 0 Å². The standard InChI is InChI=1S/C14H8BrN3O3/c15-12-7-11(18(20)21)4-5-13(12)17-14(19)10-3-1-2-9(6-10)8-16/h1-7H,(H,17,19). The van der Waals surface area contributed by atoms with Crippen LogP contribution in [0.15, 0.2) is 46.9 Å². The minimum absolute atomic E-state index is 0.0775. The minimum atomic E-state index is -0.521. The number of nitro benzene ring substituents is 1. The van der Waals surface area contributed by atoms with Gasteiger partial charge in [0.1, 0.15) is 0 Å². The molecule has 2 rings (SSSR count). The minimum Gasteiger partial charge on any atom is -0.321 e. The maximum Gasteiger partial charge on any atom is 0.270 e. The zero-order chi connectivity index (χ0) is 15.4. The van der Waals surface area contributed by atoms with E-state index >= 15 is 0 Å². The summed E-state index contributed by atoms with van der Waals surface area (Å²) < 4.78 is 0.404. The Morgan fingerprint density at radius 3 is 2.67 bits per heavy atom. The molecule has 1 N–H and O–H groups in total. The number of anilines is 1. The quantitative estimate of drug-likeness (QED) is 0.680. The summed E-state index contributed by atoms with van der Waals surface area (Å²) in [6.45, 7) is 0. The van der Waals surface area contributed by atoms with E-state index in [2.05, 4.69) is 21.2 Å². The Kier molecular flexibility index (Phi) is 4.30. The van der Waals surface area contributed by atoms with E-state index in [4.69, 9.17) is 5.26 Å². The molecule has 0 radical (unpaired) electrons. The molecule has 0 spiro atoms. The number of nitrogens with one attached hydrogen (secondary N) is 1. The summed E-state index contributed by atoms with van der Waals surface area (Å²) in [5.41, 5.74) is 1.05. The molecule has 2 aromatic rings. The van der Waals surface area contributed by atoms with Gasteiger partial charge in [-0.05, 0) is 40.2 Å². The highest BCUT2D eigenvalue weighted by Gasteiger charge is 2.12. The van der Waals surface area contributed by atoms with Gasteiger partial charge in [-0.25, -0.2) is 0 Å². The van der Waals surface area contributed by atoms with Crippen LogP contribution in [0.25, 0.3) is 0 Å². The fraction of sp³-hybridized carbons (Fsp3) is 0. The van der Waals surface area contributed by atoms with Gasteiger partial charge in [0.05, 0.1) is 22.2 Å². The highest BCUT2D eigenvalue weighted by molar-refractivity contribution is 9.10. The van der Waals surface area contributed by atoms with Crippen molar-refractivity contribution in [3.05, 3.63) is 68.2 Å². The molecule has 7 heteroatoms. The largest absolute Gasteiger partial charge is 0.321 e. The SMILES string of the molecule is N#Cc1cccc(C(=O)Nc2ccc([N+](=O)[O-])cc2Br)c1. The van der Waals surface area contributed by atoms with Crippen LogP contribution in [-0.2, 0) is 0 Å². The summed E-state index contributed by atoms with van der Waals surface area (Å²) in [5.74, 6) is -0.401. The van der Waals surface area contributed by atoms with Crippen molar-refractivity contribution < 1.29 is 9.72 Å². The van der Waals surface area contributed by atoms with Crippen LogP contribution < -0.4 is 5.32 Å². The molecule has 0 bridgehead atoms. The maximum absolute atomic E-state index is 12.1. The van der Waals surface area contributed by atoms with Gasteiger partial charge in [0.2, 0.25) is 0 Å². The zero-order valence-electron chi connectivity index (χ0n) is 10.5. The van der Waals surface area contributed by atoms with Crippen LogP contribution in [0, 0.1) is 21.4 Å². The van der Waals surface area contributed by atoms with Crippen LogP contribution in [0.4, 0.5) is 11.4 Å². The number of amides is 1. The fourth-order valence-corrected chi connectivity index (χ4v) is 2.11. The van der Waals surface area contributed by atoms with Crippen molar-refractivity contribution in [3.63, 3.8) is 0 Å². The lowest BCUT2D eigenvalue weighted by molar-refractivity contribution is -0.384. The molecule has 0 saturated heterocycles. The van der Waals surface area contributed by atoms with Crippen LogP contribution in [-0.4, -0.2) is 10.8 Å². The topological polar surface area (TPSA) is 96.0 Å². The molecule has 1 amide bonds. The molecule has 0 aliphatic heterocycles. The Bertz CT molecular complexity index is 768. The normalized spacial score (nSPS) is 9.71. The van der Waals surface area contributed by atoms with E-state index in [1.165, 1.54) is 24.3 Å². The second-order valence-electron chi connectivity index (χ2n) is 4.07. The first-order valence-corrected chi connectivity index (χ1v) is 6.56. The van der Waals surface area contributed by atoms with E-state index < -0.39 is 10.8 Å². The first kappa shape index (κ1) is 14.7. The summed E-state index contributed by atoms with van der Waals surface area (Å²) in [5, 5.41) is 22.1. The van der Waals surface area contributed by atoms with Gasteiger partial charge in [-0.3, -0.25) is 14.9 Å². The molecule has 0 aliphatic rings. The van der Waals surface area contributed by atoms with Crippen molar-refractivity contribution in [3.8, 4) is 6.07 Å². The van der Waals surface area contributed by atoms with Gasteiger partial charge in [0.25, 0.3) is 11.6 Å². The summed E-state index contributed by atoms with van der Waals surface area (Å²) >= 11 is 3.17. The lowest BCUT2D eigenvalue weighted by atomic mass is 10.1. The number of carbonyl (C=O) groups is 1. The van der Waals surface area contributed by atoms with E-state index in [1.54, 1.807) is 18.2 Å². The molecule has 104 valence electrons. The summed E-state index contributed by atoms with van der Waals surface area (Å²) in [4.78, 5) is 22.2. The number of nitro groups is 1. The first-order valence-electron chi connectivity index (χ1n) is 5.76. The van der Waals surface area contributed by atoms with Crippen molar-refractivity contribution in [1.82, 2.24) is 0 Å². The van der Waals surface area contributed by atoms with Crippen molar-refractivity contribution in [1.29, 1.82) is 5.26 Å².